The highest BCUT2D eigenvalue weighted by Gasteiger charge is 2.31. The molecular weight excluding hydrogens is 280 g/mol. The molecule has 1 N–H and O–H groups in total. The molecule has 1 aliphatic rings. The maximum Gasteiger partial charge on any atom is 0.229 e. The Balaban J connectivity index is 1.82. The zero-order valence-electron chi connectivity index (χ0n) is 11.0. The van der Waals surface area contributed by atoms with Crippen molar-refractivity contribution in [2.24, 2.45) is 5.92 Å². The van der Waals surface area contributed by atoms with Crippen LogP contribution >= 0.6 is 11.6 Å². The van der Waals surface area contributed by atoms with E-state index < -0.39 is 6.10 Å². The quantitative estimate of drug-likeness (QED) is 0.918. The number of aliphatic hydroxyl groups excluding tert-OH is 1. The average Bonchev–Trinajstić information content (AvgIpc) is 3.20. The number of benzene rings is 1. The van der Waals surface area contributed by atoms with Crippen LogP contribution in [0.3, 0.4) is 0 Å². The minimum Gasteiger partial charge on any atom is -0.496 e. The van der Waals surface area contributed by atoms with Gasteiger partial charge in [0.25, 0.3) is 0 Å². The molecule has 3 rings (SSSR count). The van der Waals surface area contributed by atoms with Crippen LogP contribution in [0, 0.1) is 5.92 Å². The van der Waals surface area contributed by atoms with Crippen molar-refractivity contribution in [1.82, 2.24) is 10.1 Å². The molecule has 1 aromatic heterocycles. The fourth-order valence-electron chi connectivity index (χ4n) is 2.12. The number of ether oxygens (including phenoxy) is 1. The van der Waals surface area contributed by atoms with E-state index in [2.05, 4.69) is 10.1 Å². The molecule has 1 saturated carbocycles. The molecule has 20 heavy (non-hydrogen) atoms. The molecule has 0 aliphatic heterocycles. The summed E-state index contributed by atoms with van der Waals surface area (Å²) in [6.45, 7) is 0. The number of rotatable bonds is 5. The van der Waals surface area contributed by atoms with Gasteiger partial charge in [-0.1, -0.05) is 16.8 Å². The van der Waals surface area contributed by atoms with Crippen LogP contribution in [0.25, 0.3) is 11.4 Å². The number of methoxy groups -OCH3 is 1. The molecule has 2 aromatic rings. The van der Waals surface area contributed by atoms with Crippen molar-refractivity contribution in [2.75, 3.05) is 7.11 Å². The van der Waals surface area contributed by atoms with Gasteiger partial charge in [0.05, 0.1) is 25.2 Å². The third kappa shape index (κ3) is 2.78. The van der Waals surface area contributed by atoms with E-state index in [0.717, 1.165) is 12.8 Å². The van der Waals surface area contributed by atoms with E-state index in [1.54, 1.807) is 25.3 Å². The van der Waals surface area contributed by atoms with Crippen LogP contribution in [0.15, 0.2) is 22.7 Å². The van der Waals surface area contributed by atoms with E-state index in [0.29, 0.717) is 40.4 Å². The molecular formula is C14H15ClN2O3. The lowest BCUT2D eigenvalue weighted by Crippen LogP contribution is -2.12. The maximum absolute atomic E-state index is 9.89. The number of halogens is 1. The molecule has 1 unspecified atom stereocenters. The molecule has 1 aliphatic carbocycles. The summed E-state index contributed by atoms with van der Waals surface area (Å²) in [4.78, 5) is 4.31. The van der Waals surface area contributed by atoms with Gasteiger partial charge in [0.15, 0.2) is 0 Å². The summed E-state index contributed by atoms with van der Waals surface area (Å²) >= 11 is 5.92. The van der Waals surface area contributed by atoms with E-state index in [4.69, 9.17) is 20.9 Å². The summed E-state index contributed by atoms with van der Waals surface area (Å²) in [5.41, 5.74) is 0.716. The van der Waals surface area contributed by atoms with Gasteiger partial charge in [0.2, 0.25) is 11.7 Å². The Morgan fingerprint density at radius 1 is 1.50 bits per heavy atom. The van der Waals surface area contributed by atoms with Crippen molar-refractivity contribution >= 4 is 11.6 Å². The van der Waals surface area contributed by atoms with Crippen LogP contribution in [0.2, 0.25) is 5.02 Å². The summed E-state index contributed by atoms with van der Waals surface area (Å²) in [6, 6.07) is 5.23. The van der Waals surface area contributed by atoms with E-state index in [9.17, 15) is 5.11 Å². The first-order valence-corrected chi connectivity index (χ1v) is 6.89. The summed E-state index contributed by atoms with van der Waals surface area (Å²) in [5.74, 6) is 1.86. The molecule has 1 atom stereocenters. The molecule has 5 nitrogen and oxygen atoms in total. The van der Waals surface area contributed by atoms with Crippen molar-refractivity contribution in [3.8, 4) is 17.1 Å². The van der Waals surface area contributed by atoms with E-state index in [1.165, 1.54) is 0 Å². The Labute approximate surface area is 121 Å². The summed E-state index contributed by atoms with van der Waals surface area (Å²) in [5, 5.41) is 14.4. The van der Waals surface area contributed by atoms with Crippen LogP contribution in [-0.4, -0.2) is 28.5 Å². The molecule has 0 saturated heterocycles. The Bertz CT molecular complexity index is 610. The van der Waals surface area contributed by atoms with Crippen molar-refractivity contribution in [3.63, 3.8) is 0 Å². The minimum atomic E-state index is -0.393. The highest BCUT2D eigenvalue weighted by atomic mass is 35.5. The SMILES string of the molecule is COc1cc(Cl)ccc1-c1noc(CC(O)C2CC2)n1. The zero-order chi connectivity index (χ0) is 14.1. The first kappa shape index (κ1) is 13.4. The third-order valence-corrected chi connectivity index (χ3v) is 3.66. The number of hydrogen-bond donors (Lipinski definition) is 1. The van der Waals surface area contributed by atoms with E-state index in [-0.39, 0.29) is 0 Å². The second-order valence-electron chi connectivity index (χ2n) is 4.97. The van der Waals surface area contributed by atoms with Crippen LogP contribution < -0.4 is 4.74 Å². The van der Waals surface area contributed by atoms with Gasteiger partial charge < -0.3 is 14.4 Å². The third-order valence-electron chi connectivity index (χ3n) is 3.42. The van der Waals surface area contributed by atoms with Crippen LogP contribution in [-0.2, 0) is 6.42 Å². The topological polar surface area (TPSA) is 68.4 Å². The van der Waals surface area contributed by atoms with Crippen molar-refractivity contribution < 1.29 is 14.4 Å². The van der Waals surface area contributed by atoms with E-state index >= 15 is 0 Å². The van der Waals surface area contributed by atoms with Crippen molar-refractivity contribution in [3.05, 3.63) is 29.1 Å². The summed E-state index contributed by atoms with van der Waals surface area (Å²) in [7, 11) is 1.56. The first-order chi connectivity index (χ1) is 9.67. The summed E-state index contributed by atoms with van der Waals surface area (Å²) in [6.07, 6.45) is 2.16. The van der Waals surface area contributed by atoms with Crippen LogP contribution in [0.4, 0.5) is 0 Å². The van der Waals surface area contributed by atoms with Gasteiger partial charge in [-0.15, -0.1) is 0 Å². The van der Waals surface area contributed by atoms with Gasteiger partial charge in [0.1, 0.15) is 5.75 Å². The lowest BCUT2D eigenvalue weighted by atomic mass is 10.1. The van der Waals surface area contributed by atoms with Crippen LogP contribution in [0.5, 0.6) is 5.75 Å². The second-order valence-corrected chi connectivity index (χ2v) is 5.40. The fraction of sp³-hybridized carbons (Fsp3) is 0.429. The Hall–Kier alpha value is -1.59. The number of aromatic nitrogens is 2. The second kappa shape index (κ2) is 5.42. The van der Waals surface area contributed by atoms with Gasteiger partial charge in [-0.05, 0) is 37.0 Å². The van der Waals surface area contributed by atoms with Crippen molar-refractivity contribution in [1.29, 1.82) is 0 Å². The minimum absolute atomic E-state index is 0.385. The average molecular weight is 295 g/mol. The molecule has 1 aromatic carbocycles. The normalized spacial score (nSPS) is 16.1. The largest absolute Gasteiger partial charge is 0.496 e. The number of aliphatic hydroxyl groups is 1. The van der Waals surface area contributed by atoms with E-state index in [1.807, 2.05) is 0 Å². The molecule has 1 fully saturated rings. The molecule has 0 bridgehead atoms. The van der Waals surface area contributed by atoms with Gasteiger partial charge >= 0.3 is 0 Å². The Kier molecular flexibility index (Phi) is 3.63. The number of nitrogens with zero attached hydrogens (tertiary/aromatic N) is 2. The van der Waals surface area contributed by atoms with Gasteiger partial charge in [-0.25, -0.2) is 0 Å². The van der Waals surface area contributed by atoms with Gasteiger partial charge in [-0.3, -0.25) is 0 Å². The lowest BCUT2D eigenvalue weighted by Gasteiger charge is -2.05. The number of hydrogen-bond acceptors (Lipinski definition) is 5. The maximum atomic E-state index is 9.89. The fourth-order valence-corrected chi connectivity index (χ4v) is 2.29. The molecule has 0 spiro atoms. The molecule has 0 amide bonds. The van der Waals surface area contributed by atoms with Gasteiger partial charge in [0, 0.05) is 5.02 Å². The van der Waals surface area contributed by atoms with Crippen LogP contribution in [0.1, 0.15) is 18.7 Å². The van der Waals surface area contributed by atoms with Crippen molar-refractivity contribution in [2.45, 2.75) is 25.4 Å². The molecule has 1 heterocycles. The summed E-state index contributed by atoms with van der Waals surface area (Å²) < 4.78 is 10.5. The first-order valence-electron chi connectivity index (χ1n) is 6.52. The highest BCUT2D eigenvalue weighted by Crippen LogP contribution is 2.34. The molecule has 6 heteroatoms. The monoisotopic (exact) mass is 294 g/mol. The predicted molar refractivity (Wildman–Crippen MR) is 73.7 cm³/mol. The molecule has 106 valence electrons. The Morgan fingerprint density at radius 3 is 3.00 bits per heavy atom. The standard InChI is InChI=1S/C14H15ClN2O3/c1-19-12-6-9(15)4-5-10(12)14-16-13(20-17-14)7-11(18)8-2-3-8/h4-6,8,11,18H,2-3,7H2,1H3. The van der Waals surface area contributed by atoms with Gasteiger partial charge in [-0.2, -0.15) is 4.98 Å². The predicted octanol–water partition coefficient (Wildman–Crippen LogP) is 2.71. The smallest absolute Gasteiger partial charge is 0.229 e. The zero-order valence-corrected chi connectivity index (χ0v) is 11.8. The highest BCUT2D eigenvalue weighted by molar-refractivity contribution is 6.30. The lowest BCUT2D eigenvalue weighted by molar-refractivity contribution is 0.140. The Morgan fingerprint density at radius 2 is 2.30 bits per heavy atom. The molecule has 0 radical (unpaired) electrons.